The van der Waals surface area contributed by atoms with Gasteiger partial charge >= 0.3 is 5.97 Å². The Hall–Kier alpha value is -2.39. The van der Waals surface area contributed by atoms with Gasteiger partial charge in [0.15, 0.2) is 0 Å². The Kier molecular flexibility index (Phi) is 6.83. The highest BCUT2D eigenvalue weighted by Crippen LogP contribution is 2.36. The molecule has 0 unspecified atom stereocenters. The van der Waals surface area contributed by atoms with Gasteiger partial charge in [-0.3, -0.25) is 0 Å². The van der Waals surface area contributed by atoms with Crippen LogP contribution in [0.1, 0.15) is 54.7 Å². The van der Waals surface area contributed by atoms with Gasteiger partial charge in [-0.15, -0.1) is 0 Å². The summed E-state index contributed by atoms with van der Waals surface area (Å²) in [6.45, 7) is 3.93. The number of benzene rings is 2. The summed E-state index contributed by atoms with van der Waals surface area (Å²) in [7, 11) is 0. The third kappa shape index (κ3) is 5.08. The average molecular weight is 364 g/mol. The second kappa shape index (κ2) is 9.52. The van der Waals surface area contributed by atoms with E-state index in [1.165, 1.54) is 43.7 Å². The first kappa shape index (κ1) is 19.4. The van der Waals surface area contributed by atoms with Crippen molar-refractivity contribution in [2.45, 2.75) is 51.0 Å². The van der Waals surface area contributed by atoms with Gasteiger partial charge in [0.2, 0.25) is 0 Å². The molecule has 0 spiro atoms. The fourth-order valence-corrected chi connectivity index (χ4v) is 3.92. The van der Waals surface area contributed by atoms with E-state index in [1.54, 1.807) is 0 Å². The van der Waals surface area contributed by atoms with E-state index in [2.05, 4.69) is 49.0 Å². The van der Waals surface area contributed by atoms with Crippen molar-refractivity contribution in [1.82, 2.24) is 0 Å². The van der Waals surface area contributed by atoms with Crippen molar-refractivity contribution in [2.24, 2.45) is 0 Å². The smallest absolute Gasteiger partial charge is 0.330 e. The maximum atomic E-state index is 11.6. The van der Waals surface area contributed by atoms with Crippen LogP contribution in [0.2, 0.25) is 0 Å². The number of aliphatic hydroxyl groups excluding tert-OH is 1. The van der Waals surface area contributed by atoms with Crippen molar-refractivity contribution in [3.63, 3.8) is 0 Å². The molecule has 1 saturated carbocycles. The number of aliphatic hydroxyl groups is 1. The number of carbonyl (C=O) groups excluding carboxylic acids is 1. The molecule has 1 aliphatic carbocycles. The van der Waals surface area contributed by atoms with E-state index in [4.69, 9.17) is 9.84 Å². The molecule has 1 aliphatic rings. The van der Waals surface area contributed by atoms with Crippen molar-refractivity contribution in [3.8, 4) is 11.1 Å². The highest BCUT2D eigenvalue weighted by atomic mass is 16.5. The molecule has 2 aromatic carbocycles. The van der Waals surface area contributed by atoms with Crippen LogP contribution in [0.15, 0.2) is 55.1 Å². The van der Waals surface area contributed by atoms with Gasteiger partial charge in [-0.25, -0.2) is 4.79 Å². The fourth-order valence-electron chi connectivity index (χ4n) is 3.92. The fraction of sp³-hybridized carbons (Fsp3) is 0.375. The summed E-state index contributed by atoms with van der Waals surface area (Å²) in [6, 6.07) is 14.8. The van der Waals surface area contributed by atoms with Crippen molar-refractivity contribution in [2.75, 3.05) is 6.61 Å². The van der Waals surface area contributed by atoms with E-state index in [0.29, 0.717) is 12.3 Å². The minimum Gasteiger partial charge on any atom is -0.458 e. The Morgan fingerprint density at radius 1 is 1.07 bits per heavy atom. The Morgan fingerprint density at radius 3 is 2.44 bits per heavy atom. The van der Waals surface area contributed by atoms with Crippen LogP contribution in [-0.4, -0.2) is 17.7 Å². The maximum absolute atomic E-state index is 11.6. The zero-order chi connectivity index (χ0) is 19.1. The third-order valence-corrected chi connectivity index (χ3v) is 5.41. The van der Waals surface area contributed by atoms with Gasteiger partial charge in [0, 0.05) is 12.7 Å². The lowest BCUT2D eigenvalue weighted by molar-refractivity contribution is -0.139. The molecule has 27 heavy (non-hydrogen) atoms. The molecule has 0 radical (unpaired) electrons. The zero-order valence-corrected chi connectivity index (χ0v) is 15.8. The largest absolute Gasteiger partial charge is 0.458 e. The van der Waals surface area contributed by atoms with Crippen molar-refractivity contribution in [3.05, 3.63) is 71.8 Å². The quantitative estimate of drug-likeness (QED) is 0.545. The number of hydrogen-bond donors (Lipinski definition) is 1. The lowest BCUT2D eigenvalue weighted by atomic mass is 9.81. The van der Waals surface area contributed by atoms with E-state index in [1.807, 2.05) is 0 Å². The van der Waals surface area contributed by atoms with Gasteiger partial charge < -0.3 is 9.84 Å². The first-order valence-corrected chi connectivity index (χ1v) is 9.83. The summed E-state index contributed by atoms with van der Waals surface area (Å²) < 4.78 is 5.37. The maximum Gasteiger partial charge on any atom is 0.330 e. The number of rotatable bonds is 7. The molecular weight excluding hydrogens is 336 g/mol. The van der Waals surface area contributed by atoms with Gasteiger partial charge in [0.1, 0.15) is 6.61 Å². The number of esters is 1. The van der Waals surface area contributed by atoms with Crippen molar-refractivity contribution < 1.29 is 14.6 Å². The minimum absolute atomic E-state index is 0.161. The zero-order valence-electron chi connectivity index (χ0n) is 15.8. The molecule has 0 amide bonds. The van der Waals surface area contributed by atoms with Gasteiger partial charge in [0.25, 0.3) is 0 Å². The van der Waals surface area contributed by atoms with Crippen LogP contribution in [0.5, 0.6) is 0 Å². The first-order chi connectivity index (χ1) is 13.2. The second-order valence-electron chi connectivity index (χ2n) is 7.23. The number of hydrogen-bond acceptors (Lipinski definition) is 3. The molecule has 3 nitrogen and oxygen atoms in total. The first-order valence-electron chi connectivity index (χ1n) is 9.83. The van der Waals surface area contributed by atoms with Gasteiger partial charge in [0.05, 0.1) is 0 Å². The van der Waals surface area contributed by atoms with Crippen LogP contribution >= 0.6 is 0 Å². The number of ether oxygens (including phenoxy) is 1. The van der Waals surface area contributed by atoms with Crippen LogP contribution < -0.4 is 0 Å². The second-order valence-corrected chi connectivity index (χ2v) is 7.23. The van der Waals surface area contributed by atoms with E-state index in [-0.39, 0.29) is 19.2 Å². The monoisotopic (exact) mass is 364 g/mol. The van der Waals surface area contributed by atoms with E-state index in [9.17, 15) is 4.79 Å². The summed E-state index contributed by atoms with van der Waals surface area (Å²) in [5.41, 5.74) is 5.78. The van der Waals surface area contributed by atoms with Gasteiger partial charge in [-0.1, -0.05) is 62.2 Å². The lowest BCUT2D eigenvalue weighted by Crippen LogP contribution is -2.09. The molecular formula is C24H28O3. The highest BCUT2D eigenvalue weighted by Gasteiger charge is 2.19. The normalized spacial score (nSPS) is 14.7. The molecule has 3 heteroatoms. The Morgan fingerprint density at radius 2 is 1.78 bits per heavy atom. The molecule has 0 bridgehead atoms. The van der Waals surface area contributed by atoms with E-state index < -0.39 is 0 Å². The van der Waals surface area contributed by atoms with E-state index in [0.717, 1.165) is 22.3 Å². The average Bonchev–Trinajstić information content (AvgIpc) is 2.73. The Balaban J connectivity index is 1.88. The summed E-state index contributed by atoms with van der Waals surface area (Å²) >= 11 is 0. The molecule has 142 valence electrons. The van der Waals surface area contributed by atoms with Crippen molar-refractivity contribution in [1.29, 1.82) is 0 Å². The summed E-state index contributed by atoms with van der Waals surface area (Å²) in [4.78, 5) is 11.6. The number of carbonyl (C=O) groups is 1. The minimum atomic E-state index is -0.386. The topological polar surface area (TPSA) is 46.5 Å². The molecule has 1 fully saturated rings. The standard InChI is InChI=1S/C24H28O3/c1-2-24(26)27-17-22-16-21(19-10-8-18(9-11-19)14-15-25)12-13-23(22)20-6-4-3-5-7-20/h2,8-13,16,20,25H,1,3-7,14-15,17H2. The van der Waals surface area contributed by atoms with Crippen LogP contribution in [0, 0.1) is 0 Å². The third-order valence-electron chi connectivity index (χ3n) is 5.41. The van der Waals surface area contributed by atoms with Gasteiger partial charge in [-0.2, -0.15) is 0 Å². The van der Waals surface area contributed by atoms with Crippen LogP contribution in [0.25, 0.3) is 11.1 Å². The molecule has 0 heterocycles. The molecule has 0 aliphatic heterocycles. The van der Waals surface area contributed by atoms with Crippen molar-refractivity contribution >= 4 is 5.97 Å². The van der Waals surface area contributed by atoms with Gasteiger partial charge in [-0.05, 0) is 59.1 Å². The Bertz CT molecular complexity index is 771. The lowest BCUT2D eigenvalue weighted by Gasteiger charge is -2.25. The van der Waals surface area contributed by atoms with Crippen LogP contribution in [-0.2, 0) is 22.6 Å². The van der Waals surface area contributed by atoms with Crippen LogP contribution in [0.4, 0.5) is 0 Å². The molecule has 0 saturated heterocycles. The Labute approximate surface area is 161 Å². The molecule has 0 atom stereocenters. The van der Waals surface area contributed by atoms with Crippen LogP contribution in [0.3, 0.4) is 0 Å². The summed E-state index contributed by atoms with van der Waals surface area (Å²) in [6.07, 6.45) is 8.15. The molecule has 2 aromatic rings. The molecule has 3 rings (SSSR count). The predicted octanol–water partition coefficient (Wildman–Crippen LogP) is 5.17. The predicted molar refractivity (Wildman–Crippen MR) is 108 cm³/mol. The van der Waals surface area contributed by atoms with E-state index >= 15 is 0 Å². The summed E-state index contributed by atoms with van der Waals surface area (Å²) in [5, 5.41) is 9.07. The highest BCUT2D eigenvalue weighted by molar-refractivity contribution is 5.81. The molecule has 1 N–H and O–H groups in total. The summed E-state index contributed by atoms with van der Waals surface area (Å²) in [5.74, 6) is 0.167. The SMILES string of the molecule is C=CC(=O)OCc1cc(-c2ccc(CCO)cc2)ccc1C1CCCCC1. The molecule has 0 aromatic heterocycles.